The zero-order valence-electron chi connectivity index (χ0n) is 16.0. The van der Waals surface area contributed by atoms with Crippen LogP contribution in [0.1, 0.15) is 11.1 Å². The largest absolute Gasteiger partial charge is 0.507 e. The number of nitrogens with one attached hydrogen (secondary N) is 1. The molecule has 0 aliphatic heterocycles. The highest BCUT2D eigenvalue weighted by atomic mass is 16.6. The molecule has 0 fully saturated rings. The van der Waals surface area contributed by atoms with Crippen molar-refractivity contribution >= 4 is 22.8 Å². The van der Waals surface area contributed by atoms with E-state index < -0.39 is 12.1 Å². The molecule has 0 bridgehead atoms. The highest BCUT2D eigenvalue weighted by Gasteiger charge is 2.22. The van der Waals surface area contributed by atoms with E-state index in [4.69, 9.17) is 14.2 Å². The molecule has 1 aliphatic rings. The Balaban J connectivity index is 1.59. The van der Waals surface area contributed by atoms with Gasteiger partial charge in [0.25, 0.3) is 0 Å². The minimum Gasteiger partial charge on any atom is -0.507 e. The average molecular weight is 397 g/mol. The topological polar surface area (TPSA) is 94.1 Å². The maximum Gasteiger partial charge on any atom is 0.412 e. The molecule has 7 heteroatoms. The summed E-state index contributed by atoms with van der Waals surface area (Å²) in [6.45, 7) is 4.13. The van der Waals surface area contributed by atoms with Gasteiger partial charge in [0, 0.05) is 34.5 Å². The summed E-state index contributed by atoms with van der Waals surface area (Å²) < 4.78 is 15.7. The van der Waals surface area contributed by atoms with Gasteiger partial charge in [-0.25, -0.2) is 9.59 Å². The van der Waals surface area contributed by atoms with Gasteiger partial charge in [-0.3, -0.25) is 0 Å². The number of phenolic OH excluding ortho intramolecular Hbond substituents is 1. The van der Waals surface area contributed by atoms with Crippen LogP contribution in [0.5, 0.6) is 11.5 Å². The van der Waals surface area contributed by atoms with Gasteiger partial charge in [-0.1, -0.05) is 43.0 Å². The van der Waals surface area contributed by atoms with Crippen LogP contribution in [0.15, 0.2) is 49.1 Å². The first-order chi connectivity index (χ1) is 14.1. The van der Waals surface area contributed by atoms with Crippen LogP contribution in [-0.4, -0.2) is 43.5 Å². The summed E-state index contributed by atoms with van der Waals surface area (Å²) in [6, 6.07) is 7.30. The molecule has 0 saturated carbocycles. The van der Waals surface area contributed by atoms with Crippen LogP contribution in [0.2, 0.25) is 0 Å². The van der Waals surface area contributed by atoms with Crippen LogP contribution in [-0.2, 0) is 27.1 Å². The van der Waals surface area contributed by atoms with E-state index in [1.807, 2.05) is 30.4 Å². The molecule has 29 heavy (non-hydrogen) atoms. The fourth-order valence-corrected chi connectivity index (χ4v) is 3.16. The Labute approximate surface area is 168 Å². The Hall–Kier alpha value is -3.32. The van der Waals surface area contributed by atoms with E-state index in [9.17, 15) is 14.7 Å². The molecule has 2 aromatic rings. The number of phenols is 1. The van der Waals surface area contributed by atoms with Gasteiger partial charge in [-0.05, 0) is 12.8 Å². The molecular formula is C22H23NO6. The van der Waals surface area contributed by atoms with Gasteiger partial charge in [-0.2, -0.15) is 0 Å². The van der Waals surface area contributed by atoms with E-state index in [1.165, 1.54) is 0 Å². The lowest BCUT2D eigenvalue weighted by molar-refractivity contribution is -0.139. The Bertz CT molecular complexity index is 950. The first-order valence-corrected chi connectivity index (χ1v) is 9.35. The summed E-state index contributed by atoms with van der Waals surface area (Å²) in [6.07, 6.45) is 5.65. The molecule has 0 saturated heterocycles. The van der Waals surface area contributed by atoms with E-state index in [0.717, 1.165) is 17.2 Å². The highest BCUT2D eigenvalue weighted by Crippen LogP contribution is 2.42. The fourth-order valence-electron chi connectivity index (χ4n) is 3.16. The van der Waals surface area contributed by atoms with Crippen LogP contribution in [0.25, 0.3) is 10.8 Å². The normalized spacial score (nSPS) is 12.3. The number of allylic oxidation sites excluding steroid dienone is 2. The average Bonchev–Trinajstić information content (AvgIpc) is 2.75. The molecule has 2 N–H and O–H groups in total. The van der Waals surface area contributed by atoms with Gasteiger partial charge in [0.1, 0.15) is 18.1 Å². The summed E-state index contributed by atoms with van der Waals surface area (Å²) in [5.41, 5.74) is 1.60. The molecule has 2 aromatic carbocycles. The second-order valence-corrected chi connectivity index (χ2v) is 6.36. The summed E-state index contributed by atoms with van der Waals surface area (Å²) in [5, 5.41) is 14.6. The molecule has 0 atom stereocenters. The van der Waals surface area contributed by atoms with Crippen LogP contribution >= 0.6 is 0 Å². The van der Waals surface area contributed by atoms with E-state index >= 15 is 0 Å². The SMILES string of the molecule is C=CC(=O)OCCOCCNC(=O)Oc1c2c(c(O)c3ccccc13)CC=CC2. The van der Waals surface area contributed by atoms with Crippen molar-refractivity contribution in [3.05, 3.63) is 60.2 Å². The fraction of sp³-hybridized carbons (Fsp3) is 0.273. The van der Waals surface area contributed by atoms with Crippen molar-refractivity contribution in [2.24, 2.45) is 0 Å². The minimum atomic E-state index is -0.598. The summed E-state index contributed by atoms with van der Waals surface area (Å²) in [7, 11) is 0. The van der Waals surface area contributed by atoms with Crippen molar-refractivity contribution < 1.29 is 28.9 Å². The van der Waals surface area contributed by atoms with Gasteiger partial charge in [-0.15, -0.1) is 0 Å². The molecule has 3 rings (SSSR count). The molecule has 1 aliphatic carbocycles. The molecule has 0 aromatic heterocycles. The first-order valence-electron chi connectivity index (χ1n) is 9.35. The van der Waals surface area contributed by atoms with Crippen molar-refractivity contribution in [2.75, 3.05) is 26.4 Å². The third-order valence-corrected chi connectivity index (χ3v) is 4.51. The maximum atomic E-state index is 12.3. The van der Waals surface area contributed by atoms with Crippen LogP contribution in [0.3, 0.4) is 0 Å². The maximum absolute atomic E-state index is 12.3. The molecule has 152 valence electrons. The second-order valence-electron chi connectivity index (χ2n) is 6.36. The molecule has 7 nitrogen and oxygen atoms in total. The predicted octanol–water partition coefficient (Wildman–Crippen LogP) is 3.03. The van der Waals surface area contributed by atoms with Crippen LogP contribution in [0, 0.1) is 0 Å². The molecule has 0 radical (unpaired) electrons. The standard InChI is InChI=1S/C22H23NO6/c1-2-19(24)28-14-13-27-12-11-23-22(26)29-21-17-9-5-3-7-15(17)20(25)16-8-4-6-10-18(16)21/h2-7,9,25H,1,8,10-14H2,(H,23,26). The van der Waals surface area contributed by atoms with Crippen LogP contribution in [0.4, 0.5) is 4.79 Å². The highest BCUT2D eigenvalue weighted by molar-refractivity contribution is 5.97. The van der Waals surface area contributed by atoms with E-state index in [-0.39, 0.29) is 32.1 Å². The van der Waals surface area contributed by atoms with Gasteiger partial charge in [0.15, 0.2) is 0 Å². The quantitative estimate of drug-likeness (QED) is 0.308. The van der Waals surface area contributed by atoms with E-state index in [0.29, 0.717) is 29.4 Å². The minimum absolute atomic E-state index is 0.119. The van der Waals surface area contributed by atoms with Crippen molar-refractivity contribution in [1.82, 2.24) is 5.32 Å². The van der Waals surface area contributed by atoms with Gasteiger partial charge in [0.05, 0.1) is 13.2 Å². The Kier molecular flexibility index (Phi) is 6.86. The zero-order valence-corrected chi connectivity index (χ0v) is 16.0. The zero-order chi connectivity index (χ0) is 20.6. The Morgan fingerprint density at radius 2 is 1.79 bits per heavy atom. The molecule has 0 heterocycles. The number of aromatic hydroxyl groups is 1. The predicted molar refractivity (Wildman–Crippen MR) is 108 cm³/mol. The molecule has 1 amide bonds. The number of amides is 1. The number of rotatable bonds is 8. The monoisotopic (exact) mass is 397 g/mol. The number of hydrogen-bond acceptors (Lipinski definition) is 6. The van der Waals surface area contributed by atoms with E-state index in [2.05, 4.69) is 11.9 Å². The van der Waals surface area contributed by atoms with E-state index in [1.54, 1.807) is 6.07 Å². The van der Waals surface area contributed by atoms with Crippen LogP contribution < -0.4 is 10.1 Å². The summed E-state index contributed by atoms with van der Waals surface area (Å²) >= 11 is 0. The third-order valence-electron chi connectivity index (χ3n) is 4.51. The number of ether oxygens (including phenoxy) is 3. The lowest BCUT2D eigenvalue weighted by atomic mass is 9.91. The number of benzene rings is 2. The summed E-state index contributed by atoms with van der Waals surface area (Å²) in [5.74, 6) is 0.195. The smallest absolute Gasteiger partial charge is 0.412 e. The number of carbonyl (C=O) groups is 2. The van der Waals surface area contributed by atoms with Crippen molar-refractivity contribution in [3.63, 3.8) is 0 Å². The van der Waals surface area contributed by atoms with Crippen molar-refractivity contribution in [1.29, 1.82) is 0 Å². The number of fused-ring (bicyclic) bond motifs is 2. The Morgan fingerprint density at radius 1 is 1.07 bits per heavy atom. The second kappa shape index (κ2) is 9.75. The van der Waals surface area contributed by atoms with Crippen molar-refractivity contribution in [2.45, 2.75) is 12.8 Å². The van der Waals surface area contributed by atoms with Crippen molar-refractivity contribution in [3.8, 4) is 11.5 Å². The molecular weight excluding hydrogens is 374 g/mol. The third kappa shape index (κ3) is 4.94. The number of hydrogen-bond donors (Lipinski definition) is 2. The molecule has 0 unspecified atom stereocenters. The number of carbonyl (C=O) groups excluding carboxylic acids is 2. The number of esters is 1. The Morgan fingerprint density at radius 3 is 2.55 bits per heavy atom. The lowest BCUT2D eigenvalue weighted by Crippen LogP contribution is -2.30. The molecule has 0 spiro atoms. The first kappa shape index (κ1) is 20.4. The summed E-state index contributed by atoms with van der Waals surface area (Å²) in [4.78, 5) is 23.2. The lowest BCUT2D eigenvalue weighted by Gasteiger charge is -2.20. The van der Waals surface area contributed by atoms with Gasteiger partial charge < -0.3 is 24.6 Å². The van der Waals surface area contributed by atoms with Gasteiger partial charge in [0.2, 0.25) is 0 Å². The van der Waals surface area contributed by atoms with Gasteiger partial charge >= 0.3 is 12.1 Å².